The number of H-pyrrole nitrogens is 1. The molecule has 0 amide bonds. The summed E-state index contributed by atoms with van der Waals surface area (Å²) in [5.74, 6) is 0.934. The van der Waals surface area contributed by atoms with E-state index in [0.717, 1.165) is 18.7 Å². The molecular formula is C7H13N3. The standard InChI is InChI=1S/C7H13N3/c1-3-4-6-5-7(8-2)10-9-6/h5H,2-4,8H2,1H3,(H,9,10). The Balaban J connectivity index is 2.59. The molecule has 0 radical (unpaired) electrons. The zero-order valence-electron chi connectivity index (χ0n) is 6.22. The molecule has 0 unspecified atom stereocenters. The second kappa shape index (κ2) is 3.37. The van der Waals surface area contributed by atoms with Crippen molar-refractivity contribution in [2.24, 2.45) is 0 Å². The molecule has 1 rings (SSSR count). The third-order valence-corrected chi connectivity index (χ3v) is 1.38. The van der Waals surface area contributed by atoms with Crippen molar-refractivity contribution in [3.63, 3.8) is 0 Å². The van der Waals surface area contributed by atoms with Crippen LogP contribution in [0.25, 0.3) is 0 Å². The van der Waals surface area contributed by atoms with E-state index in [4.69, 9.17) is 0 Å². The van der Waals surface area contributed by atoms with Gasteiger partial charge in [0.2, 0.25) is 5.82 Å². The average molecular weight is 139 g/mol. The van der Waals surface area contributed by atoms with E-state index in [9.17, 15) is 0 Å². The number of nitrogens with one attached hydrogen (secondary N) is 1. The lowest BCUT2D eigenvalue weighted by atomic mass is 10.2. The van der Waals surface area contributed by atoms with Crippen molar-refractivity contribution in [1.82, 2.24) is 10.2 Å². The second-order valence-corrected chi connectivity index (χ2v) is 2.27. The van der Waals surface area contributed by atoms with Crippen molar-refractivity contribution in [2.45, 2.75) is 19.8 Å². The molecule has 0 aliphatic heterocycles. The Morgan fingerprint density at radius 3 is 3.10 bits per heavy atom. The first-order valence-electron chi connectivity index (χ1n) is 3.53. The highest BCUT2D eigenvalue weighted by molar-refractivity contribution is 5.19. The first-order chi connectivity index (χ1) is 4.86. The van der Waals surface area contributed by atoms with Crippen molar-refractivity contribution in [2.75, 3.05) is 0 Å². The second-order valence-electron chi connectivity index (χ2n) is 2.27. The van der Waals surface area contributed by atoms with Gasteiger partial charge in [-0.15, -0.1) is 12.1 Å². The zero-order chi connectivity index (χ0) is 7.40. The van der Waals surface area contributed by atoms with Crippen molar-refractivity contribution in [3.05, 3.63) is 18.8 Å². The molecular weight excluding hydrogens is 126 g/mol. The maximum atomic E-state index is 4.01. The quantitative estimate of drug-likeness (QED) is 0.583. The fourth-order valence-corrected chi connectivity index (χ4v) is 0.881. The molecule has 0 aliphatic rings. The predicted molar refractivity (Wildman–Crippen MR) is 39.5 cm³/mol. The van der Waals surface area contributed by atoms with Crippen LogP contribution in [0.2, 0.25) is 0 Å². The van der Waals surface area contributed by atoms with Crippen LogP contribution in [0.15, 0.2) is 6.07 Å². The summed E-state index contributed by atoms with van der Waals surface area (Å²) in [6.07, 6.45) is 2.22. The normalized spacial score (nSPS) is 10.2. The van der Waals surface area contributed by atoms with Gasteiger partial charge >= 0.3 is 0 Å². The molecule has 0 saturated carbocycles. The van der Waals surface area contributed by atoms with Crippen LogP contribution in [0.3, 0.4) is 0 Å². The molecule has 56 valence electrons. The number of aromatic nitrogens is 2. The summed E-state index contributed by atoms with van der Waals surface area (Å²) >= 11 is 0. The molecule has 10 heavy (non-hydrogen) atoms. The van der Waals surface area contributed by atoms with E-state index in [-0.39, 0.29) is 0 Å². The number of rotatable bonds is 3. The summed E-state index contributed by atoms with van der Waals surface area (Å²) in [5, 5.41) is 8.69. The maximum Gasteiger partial charge on any atom is 0.217 e. The SMILES string of the molecule is [CH2-][NH2+]c1cc(CCC)[nH]n1. The summed E-state index contributed by atoms with van der Waals surface area (Å²) in [5.41, 5.74) is 1.19. The van der Waals surface area contributed by atoms with Crippen LogP contribution in [0.1, 0.15) is 19.0 Å². The summed E-state index contributed by atoms with van der Waals surface area (Å²) in [6.45, 7) is 2.15. The van der Waals surface area contributed by atoms with Crippen LogP contribution in [0.4, 0.5) is 5.82 Å². The van der Waals surface area contributed by atoms with Gasteiger partial charge in [0.15, 0.2) is 0 Å². The lowest BCUT2D eigenvalue weighted by Gasteiger charge is -1.87. The summed E-state index contributed by atoms with van der Waals surface area (Å²) in [6, 6.07) is 2.02. The van der Waals surface area contributed by atoms with Gasteiger partial charge in [-0.1, -0.05) is 13.3 Å². The molecule has 3 nitrogen and oxygen atoms in total. The van der Waals surface area contributed by atoms with Gasteiger partial charge in [0.05, 0.1) is 0 Å². The van der Waals surface area contributed by atoms with Crippen molar-refractivity contribution in [1.29, 1.82) is 0 Å². The Bertz CT molecular complexity index is 192. The lowest BCUT2D eigenvalue weighted by molar-refractivity contribution is -0.508. The van der Waals surface area contributed by atoms with E-state index < -0.39 is 0 Å². The Kier molecular flexibility index (Phi) is 2.45. The van der Waals surface area contributed by atoms with E-state index in [1.807, 2.05) is 6.07 Å². The number of nitrogens with zero attached hydrogens (tertiary/aromatic N) is 1. The molecule has 0 spiro atoms. The van der Waals surface area contributed by atoms with Gasteiger partial charge in [-0.05, 0) is 6.42 Å². The van der Waals surface area contributed by atoms with Crippen LogP contribution < -0.4 is 5.32 Å². The van der Waals surface area contributed by atoms with Gasteiger partial charge in [0.1, 0.15) is 0 Å². The van der Waals surface area contributed by atoms with E-state index in [1.54, 1.807) is 5.32 Å². The minimum absolute atomic E-state index is 0.934. The Morgan fingerprint density at radius 1 is 1.80 bits per heavy atom. The fourth-order valence-electron chi connectivity index (χ4n) is 0.881. The summed E-state index contributed by atoms with van der Waals surface area (Å²) in [4.78, 5) is 0. The minimum Gasteiger partial charge on any atom is -0.428 e. The molecule has 3 heteroatoms. The van der Waals surface area contributed by atoms with E-state index in [1.165, 1.54) is 5.69 Å². The molecule has 1 heterocycles. The third-order valence-electron chi connectivity index (χ3n) is 1.38. The molecule has 0 aliphatic carbocycles. The summed E-state index contributed by atoms with van der Waals surface area (Å²) < 4.78 is 0. The van der Waals surface area contributed by atoms with Gasteiger partial charge in [0.25, 0.3) is 0 Å². The summed E-state index contributed by atoms with van der Waals surface area (Å²) in [7, 11) is 3.62. The Morgan fingerprint density at radius 2 is 2.60 bits per heavy atom. The Labute approximate surface area is 60.8 Å². The Hall–Kier alpha value is -0.830. The average Bonchev–Trinajstić information content (AvgIpc) is 2.37. The molecule has 3 N–H and O–H groups in total. The topological polar surface area (TPSA) is 45.3 Å². The van der Waals surface area contributed by atoms with E-state index >= 15 is 0 Å². The molecule has 1 aromatic heterocycles. The zero-order valence-corrected chi connectivity index (χ0v) is 6.22. The number of nitrogens with two attached hydrogens (primary N) is 1. The first kappa shape index (κ1) is 7.28. The highest BCUT2D eigenvalue weighted by Gasteiger charge is 1.97. The van der Waals surface area contributed by atoms with Gasteiger partial charge in [0, 0.05) is 11.8 Å². The number of hydrogen-bond acceptors (Lipinski definition) is 1. The van der Waals surface area contributed by atoms with Crippen LogP contribution in [0.5, 0.6) is 0 Å². The molecule has 0 bridgehead atoms. The number of quaternary nitrogens is 1. The lowest BCUT2D eigenvalue weighted by Crippen LogP contribution is -2.69. The van der Waals surface area contributed by atoms with Crippen LogP contribution >= 0.6 is 0 Å². The first-order valence-corrected chi connectivity index (χ1v) is 3.53. The monoisotopic (exact) mass is 139 g/mol. The number of aryl methyl sites for hydroxylation is 1. The van der Waals surface area contributed by atoms with E-state index in [2.05, 4.69) is 24.2 Å². The number of hydrogen-bond donors (Lipinski definition) is 2. The molecule has 0 atom stereocenters. The fraction of sp³-hybridized carbons (Fsp3) is 0.429. The third kappa shape index (κ3) is 1.57. The predicted octanol–water partition coefficient (Wildman–Crippen LogP) is 0.349. The van der Waals surface area contributed by atoms with Gasteiger partial charge in [-0.25, -0.2) is 0 Å². The van der Waals surface area contributed by atoms with Crippen LogP contribution in [-0.4, -0.2) is 10.2 Å². The smallest absolute Gasteiger partial charge is 0.217 e. The van der Waals surface area contributed by atoms with E-state index in [0.29, 0.717) is 0 Å². The number of aromatic amines is 1. The largest absolute Gasteiger partial charge is 0.428 e. The molecule has 0 fully saturated rings. The molecule has 1 aromatic rings. The van der Waals surface area contributed by atoms with Gasteiger partial charge in [-0.3, -0.25) is 5.10 Å². The molecule has 0 saturated heterocycles. The maximum absolute atomic E-state index is 4.01. The van der Waals surface area contributed by atoms with Gasteiger partial charge in [-0.2, -0.15) is 0 Å². The van der Waals surface area contributed by atoms with Crippen molar-refractivity contribution >= 4 is 5.82 Å². The highest BCUT2D eigenvalue weighted by atomic mass is 15.2. The molecule has 0 aromatic carbocycles. The highest BCUT2D eigenvalue weighted by Crippen LogP contribution is 2.01. The minimum atomic E-state index is 0.934. The van der Waals surface area contributed by atoms with Crippen LogP contribution in [-0.2, 0) is 6.42 Å². The van der Waals surface area contributed by atoms with Crippen LogP contribution in [0, 0.1) is 7.05 Å². The van der Waals surface area contributed by atoms with Crippen molar-refractivity contribution in [3.8, 4) is 0 Å². The van der Waals surface area contributed by atoms with Gasteiger partial charge < -0.3 is 5.32 Å². The van der Waals surface area contributed by atoms with Crippen molar-refractivity contribution < 1.29 is 5.32 Å².